The van der Waals surface area contributed by atoms with Crippen LogP contribution in [0.15, 0.2) is 12.1 Å². The summed E-state index contributed by atoms with van der Waals surface area (Å²) < 4.78 is 39.0. The van der Waals surface area contributed by atoms with Crippen molar-refractivity contribution in [2.45, 2.75) is 25.8 Å². The van der Waals surface area contributed by atoms with E-state index in [-0.39, 0.29) is 17.5 Å². The third kappa shape index (κ3) is 2.28. The zero-order chi connectivity index (χ0) is 12.6. The summed E-state index contributed by atoms with van der Waals surface area (Å²) in [6.45, 7) is 2.21. The number of carbonyl (C=O) groups is 1. The van der Waals surface area contributed by atoms with Crippen LogP contribution in [0.25, 0.3) is 0 Å². The van der Waals surface area contributed by atoms with E-state index in [2.05, 4.69) is 0 Å². The number of benzene rings is 1. The van der Waals surface area contributed by atoms with Crippen LogP contribution < -0.4 is 4.90 Å². The summed E-state index contributed by atoms with van der Waals surface area (Å²) in [4.78, 5) is 12.9. The topological polar surface area (TPSA) is 20.3 Å². The molecule has 2 nitrogen and oxygen atoms in total. The van der Waals surface area contributed by atoms with E-state index >= 15 is 0 Å². The van der Waals surface area contributed by atoms with Crippen LogP contribution in [-0.2, 0) is 4.79 Å². The number of ketones is 1. The average Bonchev–Trinajstić information content (AvgIpc) is 2.25. The van der Waals surface area contributed by atoms with Gasteiger partial charge in [-0.2, -0.15) is 0 Å². The summed E-state index contributed by atoms with van der Waals surface area (Å²) in [5, 5.41) is 0. The highest BCUT2D eigenvalue weighted by molar-refractivity contribution is 5.81. The molecule has 0 aliphatic carbocycles. The Morgan fingerprint density at radius 1 is 1.24 bits per heavy atom. The fraction of sp³-hybridized carbons (Fsp3) is 0.417. The molecule has 1 atom stereocenters. The van der Waals surface area contributed by atoms with Gasteiger partial charge in [0.2, 0.25) is 0 Å². The van der Waals surface area contributed by atoms with Gasteiger partial charge in [0, 0.05) is 43.2 Å². The molecule has 1 saturated heterocycles. The van der Waals surface area contributed by atoms with Gasteiger partial charge < -0.3 is 4.90 Å². The second-order valence-corrected chi connectivity index (χ2v) is 4.26. The van der Waals surface area contributed by atoms with Gasteiger partial charge in [-0.15, -0.1) is 0 Å². The molecular formula is C12H12F3NO. The van der Waals surface area contributed by atoms with Crippen molar-refractivity contribution in [3.8, 4) is 0 Å². The van der Waals surface area contributed by atoms with Crippen LogP contribution in [0, 0.1) is 17.5 Å². The number of rotatable bonds is 1. The Morgan fingerprint density at radius 2 is 1.82 bits per heavy atom. The monoisotopic (exact) mass is 243 g/mol. The largest absolute Gasteiger partial charge is 0.368 e. The van der Waals surface area contributed by atoms with Gasteiger partial charge >= 0.3 is 0 Å². The number of Topliss-reactive ketones (excluding diaryl/α,β-unsaturated/α-hetero) is 1. The maximum atomic E-state index is 13.1. The predicted molar refractivity (Wildman–Crippen MR) is 57.4 cm³/mol. The number of nitrogens with zero attached hydrogens (tertiary/aromatic N) is 1. The number of anilines is 1. The Morgan fingerprint density at radius 3 is 2.35 bits per heavy atom. The Hall–Kier alpha value is -1.52. The van der Waals surface area contributed by atoms with Gasteiger partial charge in [0.25, 0.3) is 0 Å². The quantitative estimate of drug-likeness (QED) is 0.707. The number of hydrogen-bond donors (Lipinski definition) is 0. The van der Waals surface area contributed by atoms with Gasteiger partial charge in [-0.1, -0.05) is 0 Å². The van der Waals surface area contributed by atoms with E-state index in [1.54, 1.807) is 11.8 Å². The maximum Gasteiger partial charge on any atom is 0.194 e. The Bertz CT molecular complexity index is 438. The zero-order valence-electron chi connectivity index (χ0n) is 9.34. The minimum absolute atomic E-state index is 0.125. The standard InChI is InChI=1S/C12H12F3NO/c1-7-4-9(17)2-3-16(7)8-5-10(13)12(15)11(14)6-8/h5-7H,2-4H2,1H3. The van der Waals surface area contributed by atoms with Crippen molar-refractivity contribution < 1.29 is 18.0 Å². The van der Waals surface area contributed by atoms with E-state index in [9.17, 15) is 18.0 Å². The number of carbonyl (C=O) groups excluding carboxylic acids is 1. The summed E-state index contributed by atoms with van der Waals surface area (Å²) >= 11 is 0. The third-order valence-corrected chi connectivity index (χ3v) is 2.99. The van der Waals surface area contributed by atoms with E-state index in [1.165, 1.54) is 0 Å². The smallest absolute Gasteiger partial charge is 0.194 e. The van der Waals surface area contributed by atoms with Crippen molar-refractivity contribution in [2.24, 2.45) is 0 Å². The molecule has 0 amide bonds. The second-order valence-electron chi connectivity index (χ2n) is 4.26. The minimum atomic E-state index is -1.46. The second kappa shape index (κ2) is 4.39. The number of halogens is 3. The molecule has 17 heavy (non-hydrogen) atoms. The first-order chi connectivity index (χ1) is 7.99. The van der Waals surface area contributed by atoms with Crippen molar-refractivity contribution in [3.63, 3.8) is 0 Å². The lowest BCUT2D eigenvalue weighted by Gasteiger charge is -2.34. The lowest BCUT2D eigenvalue weighted by molar-refractivity contribution is -0.120. The lowest BCUT2D eigenvalue weighted by Crippen LogP contribution is -2.41. The molecule has 0 bridgehead atoms. The van der Waals surface area contributed by atoms with Crippen LogP contribution in [0.1, 0.15) is 19.8 Å². The summed E-state index contributed by atoms with van der Waals surface area (Å²) in [6, 6.07) is 1.80. The van der Waals surface area contributed by atoms with Gasteiger partial charge in [0.1, 0.15) is 5.78 Å². The van der Waals surface area contributed by atoms with Crippen molar-refractivity contribution in [3.05, 3.63) is 29.6 Å². The van der Waals surface area contributed by atoms with Crippen molar-refractivity contribution in [1.29, 1.82) is 0 Å². The van der Waals surface area contributed by atoms with Crippen LogP contribution >= 0.6 is 0 Å². The van der Waals surface area contributed by atoms with Gasteiger partial charge in [-0.05, 0) is 6.92 Å². The first-order valence-electron chi connectivity index (χ1n) is 5.42. The molecule has 1 aliphatic rings. The van der Waals surface area contributed by atoms with Crippen molar-refractivity contribution in [2.75, 3.05) is 11.4 Å². The summed E-state index contributed by atoms with van der Waals surface area (Å²) in [5.41, 5.74) is 0.279. The number of piperidine rings is 1. The average molecular weight is 243 g/mol. The SMILES string of the molecule is CC1CC(=O)CCN1c1cc(F)c(F)c(F)c1. The van der Waals surface area contributed by atoms with Crippen LogP contribution in [0.5, 0.6) is 0 Å². The zero-order valence-corrected chi connectivity index (χ0v) is 9.34. The highest BCUT2D eigenvalue weighted by Gasteiger charge is 2.25. The molecule has 0 radical (unpaired) electrons. The maximum absolute atomic E-state index is 13.1. The summed E-state index contributed by atoms with van der Waals surface area (Å²) in [7, 11) is 0. The van der Waals surface area contributed by atoms with Gasteiger partial charge in [-0.3, -0.25) is 4.79 Å². The van der Waals surface area contributed by atoms with E-state index in [0.29, 0.717) is 19.4 Å². The van der Waals surface area contributed by atoms with Crippen molar-refractivity contribution >= 4 is 11.5 Å². The van der Waals surface area contributed by atoms with E-state index in [4.69, 9.17) is 0 Å². The Labute approximate surface area is 97.0 Å². The van der Waals surface area contributed by atoms with E-state index in [1.807, 2.05) is 0 Å². The van der Waals surface area contributed by atoms with Crippen LogP contribution in [-0.4, -0.2) is 18.4 Å². The number of hydrogen-bond acceptors (Lipinski definition) is 2. The molecule has 1 aromatic rings. The lowest BCUT2D eigenvalue weighted by atomic mass is 10.0. The first kappa shape index (κ1) is 12.0. The Balaban J connectivity index is 2.31. The first-order valence-corrected chi connectivity index (χ1v) is 5.42. The van der Waals surface area contributed by atoms with E-state index in [0.717, 1.165) is 12.1 Å². The highest BCUT2D eigenvalue weighted by Crippen LogP contribution is 2.26. The fourth-order valence-electron chi connectivity index (χ4n) is 2.10. The molecule has 5 heteroatoms. The predicted octanol–water partition coefficient (Wildman–Crippen LogP) is 2.66. The molecule has 1 unspecified atom stereocenters. The van der Waals surface area contributed by atoms with Crippen LogP contribution in [0.4, 0.5) is 18.9 Å². The molecule has 1 heterocycles. The van der Waals surface area contributed by atoms with Crippen LogP contribution in [0.3, 0.4) is 0 Å². The normalized spacial score (nSPS) is 20.8. The van der Waals surface area contributed by atoms with Crippen molar-refractivity contribution in [1.82, 2.24) is 0 Å². The van der Waals surface area contributed by atoms with Gasteiger partial charge in [0.15, 0.2) is 17.5 Å². The molecule has 1 aliphatic heterocycles. The molecule has 0 spiro atoms. The van der Waals surface area contributed by atoms with Crippen LogP contribution in [0.2, 0.25) is 0 Å². The summed E-state index contributed by atoms with van der Waals surface area (Å²) in [5.74, 6) is -3.74. The highest BCUT2D eigenvalue weighted by atomic mass is 19.2. The molecule has 0 aromatic heterocycles. The molecular weight excluding hydrogens is 231 g/mol. The third-order valence-electron chi connectivity index (χ3n) is 2.99. The summed E-state index contributed by atoms with van der Waals surface area (Å²) in [6.07, 6.45) is 0.700. The molecule has 92 valence electrons. The molecule has 1 aromatic carbocycles. The fourth-order valence-corrected chi connectivity index (χ4v) is 2.10. The molecule has 0 saturated carbocycles. The molecule has 2 rings (SSSR count). The Kier molecular flexibility index (Phi) is 3.09. The molecule has 0 N–H and O–H groups in total. The molecule has 1 fully saturated rings. The van der Waals surface area contributed by atoms with Gasteiger partial charge in [0.05, 0.1) is 0 Å². The van der Waals surface area contributed by atoms with Gasteiger partial charge in [-0.25, -0.2) is 13.2 Å². The minimum Gasteiger partial charge on any atom is -0.368 e. The van der Waals surface area contributed by atoms with E-state index < -0.39 is 17.5 Å².